The molecule has 174 valence electrons. The van der Waals surface area contributed by atoms with Crippen molar-refractivity contribution < 1.29 is 14.3 Å². The van der Waals surface area contributed by atoms with E-state index in [4.69, 9.17) is 9.47 Å². The van der Waals surface area contributed by atoms with Crippen molar-refractivity contribution in [3.8, 4) is 11.5 Å². The van der Waals surface area contributed by atoms with Crippen LogP contribution in [0.3, 0.4) is 0 Å². The van der Waals surface area contributed by atoms with Gasteiger partial charge in [-0.25, -0.2) is 0 Å². The number of carbonyl (C=O) groups is 1. The molecule has 0 spiro atoms. The van der Waals surface area contributed by atoms with Gasteiger partial charge in [0.15, 0.2) is 0 Å². The summed E-state index contributed by atoms with van der Waals surface area (Å²) in [5.74, 6) is 2.12. The van der Waals surface area contributed by atoms with Gasteiger partial charge >= 0.3 is 0 Å². The molecule has 0 bridgehead atoms. The number of rotatable bonds is 7. The third kappa shape index (κ3) is 4.78. The number of hydrogen-bond donors (Lipinski definition) is 0. The third-order valence-electron chi connectivity index (χ3n) is 7.55. The standard InChI is InChI=1S/C30H36O3/c1-19-16-20(2)27-13-15-30(5,33-29(27)21(19)3)14-7-8-28(31)22(4)23-9-10-25-18-26(32-6)12-11-24(25)17-23/h9-12,16-18,22H,7-8,13-15H2,1-6H3. The van der Waals surface area contributed by atoms with E-state index in [0.717, 1.165) is 53.5 Å². The van der Waals surface area contributed by atoms with Gasteiger partial charge in [0, 0.05) is 12.3 Å². The van der Waals surface area contributed by atoms with Gasteiger partial charge < -0.3 is 9.47 Å². The van der Waals surface area contributed by atoms with Crippen LogP contribution in [-0.4, -0.2) is 18.5 Å². The molecule has 0 amide bonds. The lowest BCUT2D eigenvalue weighted by atomic mass is 9.84. The first-order valence-electron chi connectivity index (χ1n) is 12.1. The number of Topliss-reactive ketones (excluding diaryl/α,β-unsaturated/α-hetero) is 1. The summed E-state index contributed by atoms with van der Waals surface area (Å²) in [7, 11) is 1.68. The van der Waals surface area contributed by atoms with E-state index >= 15 is 0 Å². The van der Waals surface area contributed by atoms with E-state index in [2.05, 4.69) is 58.0 Å². The Hall–Kier alpha value is -2.81. The highest BCUT2D eigenvalue weighted by atomic mass is 16.5. The molecule has 2 atom stereocenters. The van der Waals surface area contributed by atoms with E-state index in [1.54, 1.807) is 7.11 Å². The van der Waals surface area contributed by atoms with Gasteiger partial charge in [-0.2, -0.15) is 0 Å². The van der Waals surface area contributed by atoms with E-state index in [1.165, 1.54) is 22.3 Å². The Morgan fingerprint density at radius 3 is 2.55 bits per heavy atom. The highest BCUT2D eigenvalue weighted by molar-refractivity contribution is 5.89. The highest BCUT2D eigenvalue weighted by Crippen LogP contribution is 2.41. The summed E-state index contributed by atoms with van der Waals surface area (Å²) >= 11 is 0. The van der Waals surface area contributed by atoms with Crippen molar-refractivity contribution in [3.05, 3.63) is 70.3 Å². The molecule has 3 aromatic carbocycles. The van der Waals surface area contributed by atoms with Gasteiger partial charge in [-0.15, -0.1) is 0 Å². The summed E-state index contributed by atoms with van der Waals surface area (Å²) in [4.78, 5) is 13.0. The minimum Gasteiger partial charge on any atom is -0.497 e. The van der Waals surface area contributed by atoms with E-state index in [0.29, 0.717) is 12.2 Å². The van der Waals surface area contributed by atoms with Gasteiger partial charge in [0.2, 0.25) is 0 Å². The van der Waals surface area contributed by atoms with Crippen LogP contribution in [0.4, 0.5) is 0 Å². The zero-order chi connectivity index (χ0) is 23.8. The van der Waals surface area contributed by atoms with Crippen LogP contribution >= 0.6 is 0 Å². The first-order chi connectivity index (χ1) is 15.7. The summed E-state index contributed by atoms with van der Waals surface area (Å²) in [6.45, 7) is 10.7. The minimum atomic E-state index is -0.205. The lowest BCUT2D eigenvalue weighted by Gasteiger charge is -2.38. The maximum absolute atomic E-state index is 13.0. The molecule has 0 aromatic heterocycles. The van der Waals surface area contributed by atoms with Crippen LogP contribution in [0, 0.1) is 20.8 Å². The number of ether oxygens (including phenoxy) is 2. The van der Waals surface area contributed by atoms with Gasteiger partial charge in [0.1, 0.15) is 22.9 Å². The van der Waals surface area contributed by atoms with Crippen LogP contribution in [0.15, 0.2) is 42.5 Å². The fraction of sp³-hybridized carbons (Fsp3) is 0.433. The molecule has 2 unspecified atom stereocenters. The molecule has 0 N–H and O–H groups in total. The quantitative estimate of drug-likeness (QED) is 0.381. The van der Waals surface area contributed by atoms with Crippen molar-refractivity contribution in [3.63, 3.8) is 0 Å². The van der Waals surface area contributed by atoms with E-state index < -0.39 is 0 Å². The van der Waals surface area contributed by atoms with Gasteiger partial charge in [0.05, 0.1) is 7.11 Å². The van der Waals surface area contributed by atoms with Crippen LogP contribution in [0.25, 0.3) is 10.8 Å². The maximum Gasteiger partial charge on any atom is 0.140 e. The second-order valence-electron chi connectivity index (χ2n) is 10.0. The summed E-state index contributed by atoms with van der Waals surface area (Å²) in [6, 6.07) is 14.6. The first kappa shape index (κ1) is 23.4. The summed E-state index contributed by atoms with van der Waals surface area (Å²) < 4.78 is 11.9. The molecule has 33 heavy (non-hydrogen) atoms. The summed E-state index contributed by atoms with van der Waals surface area (Å²) in [5, 5.41) is 2.26. The van der Waals surface area contributed by atoms with Crippen LogP contribution in [0.5, 0.6) is 11.5 Å². The van der Waals surface area contributed by atoms with Gasteiger partial charge in [-0.3, -0.25) is 4.79 Å². The number of benzene rings is 3. The Balaban J connectivity index is 1.38. The van der Waals surface area contributed by atoms with E-state index in [1.807, 2.05) is 19.1 Å². The molecule has 0 radical (unpaired) electrons. The average molecular weight is 445 g/mol. The lowest BCUT2D eigenvalue weighted by molar-refractivity contribution is -0.120. The molecule has 0 fully saturated rings. The van der Waals surface area contributed by atoms with Gasteiger partial charge in [0.25, 0.3) is 0 Å². The zero-order valence-electron chi connectivity index (χ0n) is 20.9. The van der Waals surface area contributed by atoms with Crippen LogP contribution in [0.1, 0.15) is 73.3 Å². The number of carbonyl (C=O) groups excluding carboxylic acids is 1. The molecule has 3 heteroatoms. The Morgan fingerprint density at radius 1 is 1.06 bits per heavy atom. The number of ketones is 1. The molecule has 0 aliphatic carbocycles. The largest absolute Gasteiger partial charge is 0.497 e. The van der Waals surface area contributed by atoms with Crippen molar-refractivity contribution in [2.24, 2.45) is 0 Å². The molecule has 4 rings (SSSR count). The fourth-order valence-corrected chi connectivity index (χ4v) is 5.09. The van der Waals surface area contributed by atoms with E-state index in [9.17, 15) is 4.79 Å². The van der Waals surface area contributed by atoms with Crippen molar-refractivity contribution in [2.75, 3.05) is 7.11 Å². The Labute approximate surface area is 198 Å². The summed E-state index contributed by atoms with van der Waals surface area (Å²) in [5.41, 5.74) is 6.09. The number of fused-ring (bicyclic) bond motifs is 2. The van der Waals surface area contributed by atoms with Crippen molar-refractivity contribution in [1.82, 2.24) is 0 Å². The topological polar surface area (TPSA) is 35.5 Å². The smallest absolute Gasteiger partial charge is 0.140 e. The molecule has 1 heterocycles. The molecular formula is C30H36O3. The molecule has 1 aliphatic heterocycles. The minimum absolute atomic E-state index is 0.107. The molecular weight excluding hydrogens is 408 g/mol. The molecule has 0 saturated carbocycles. The Bertz CT molecular complexity index is 1190. The monoisotopic (exact) mass is 444 g/mol. The van der Waals surface area contributed by atoms with Crippen LogP contribution < -0.4 is 9.47 Å². The van der Waals surface area contributed by atoms with Crippen LogP contribution in [-0.2, 0) is 11.2 Å². The normalized spacial score (nSPS) is 18.5. The van der Waals surface area contributed by atoms with Gasteiger partial charge in [-0.05, 0) is 104 Å². The van der Waals surface area contributed by atoms with Crippen LogP contribution in [0.2, 0.25) is 0 Å². The first-order valence-corrected chi connectivity index (χ1v) is 12.1. The maximum atomic E-state index is 13.0. The second-order valence-corrected chi connectivity index (χ2v) is 10.0. The van der Waals surface area contributed by atoms with Crippen molar-refractivity contribution in [2.45, 2.75) is 78.2 Å². The average Bonchev–Trinajstić information content (AvgIpc) is 2.81. The number of methoxy groups -OCH3 is 1. The highest BCUT2D eigenvalue weighted by Gasteiger charge is 2.33. The second kappa shape index (κ2) is 9.21. The SMILES string of the molecule is COc1ccc2cc(C(C)C(=O)CCCC3(C)CCc4c(C)cc(C)c(C)c4O3)ccc2c1. The predicted octanol–water partition coefficient (Wildman–Crippen LogP) is 7.40. The number of hydrogen-bond acceptors (Lipinski definition) is 3. The molecule has 3 nitrogen and oxygen atoms in total. The van der Waals surface area contributed by atoms with Crippen molar-refractivity contribution in [1.29, 1.82) is 0 Å². The molecule has 0 saturated heterocycles. The molecule has 1 aliphatic rings. The van der Waals surface area contributed by atoms with Crippen molar-refractivity contribution >= 4 is 16.6 Å². The third-order valence-corrected chi connectivity index (χ3v) is 7.55. The zero-order valence-corrected chi connectivity index (χ0v) is 20.9. The Morgan fingerprint density at radius 2 is 1.79 bits per heavy atom. The Kier molecular flexibility index (Phi) is 6.52. The predicted molar refractivity (Wildman–Crippen MR) is 136 cm³/mol. The lowest BCUT2D eigenvalue weighted by Crippen LogP contribution is -2.37. The summed E-state index contributed by atoms with van der Waals surface area (Å²) in [6.07, 6.45) is 4.38. The van der Waals surface area contributed by atoms with Gasteiger partial charge in [-0.1, -0.05) is 37.3 Å². The fourth-order valence-electron chi connectivity index (χ4n) is 5.09. The van der Waals surface area contributed by atoms with E-state index in [-0.39, 0.29) is 11.5 Å². The number of aryl methyl sites for hydroxylation is 2. The molecule has 3 aromatic rings.